The Labute approximate surface area is 122 Å². The van der Waals surface area contributed by atoms with E-state index in [1.165, 1.54) is 12.1 Å². The van der Waals surface area contributed by atoms with Gasteiger partial charge in [-0.2, -0.15) is 8.78 Å². The number of hydrogen-bond acceptors (Lipinski definition) is 2. The minimum atomic E-state index is -2.94. The van der Waals surface area contributed by atoms with Gasteiger partial charge in [0.2, 0.25) is 0 Å². The fraction of sp³-hybridized carbons (Fsp3) is 0.235. The Hall–Kier alpha value is -2.23. The van der Waals surface area contributed by atoms with E-state index in [0.29, 0.717) is 0 Å². The molecule has 0 saturated carbocycles. The molecule has 0 radical (unpaired) electrons. The first-order valence-corrected chi connectivity index (χ1v) is 6.60. The van der Waals surface area contributed by atoms with Crippen LogP contribution in [0.15, 0.2) is 42.5 Å². The van der Waals surface area contributed by atoms with Crippen LogP contribution in [0, 0.1) is 13.8 Å². The summed E-state index contributed by atoms with van der Waals surface area (Å²) in [5, 5.41) is 0. The Morgan fingerprint density at radius 3 is 2.33 bits per heavy atom. The number of Topliss-reactive ketones (excluding diaryl/α,β-unsaturated/α-hetero) is 1. The van der Waals surface area contributed by atoms with Crippen molar-refractivity contribution in [3.63, 3.8) is 0 Å². The van der Waals surface area contributed by atoms with Gasteiger partial charge in [-0.3, -0.25) is 4.79 Å². The molecule has 0 atom stereocenters. The van der Waals surface area contributed by atoms with Crippen molar-refractivity contribution >= 4 is 5.78 Å². The zero-order valence-electron chi connectivity index (χ0n) is 11.9. The molecular weight excluding hydrogens is 274 g/mol. The number of hydrogen-bond donors (Lipinski definition) is 0. The van der Waals surface area contributed by atoms with Gasteiger partial charge in [-0.1, -0.05) is 41.5 Å². The molecule has 0 bridgehead atoms. The molecule has 0 saturated heterocycles. The number of ketones is 1. The summed E-state index contributed by atoms with van der Waals surface area (Å²) in [7, 11) is 0. The zero-order chi connectivity index (χ0) is 15.4. The molecule has 4 heteroatoms. The maximum Gasteiger partial charge on any atom is 0.387 e. The van der Waals surface area contributed by atoms with Gasteiger partial charge in [0.15, 0.2) is 5.78 Å². The number of ether oxygens (including phenoxy) is 1. The highest BCUT2D eigenvalue weighted by atomic mass is 19.3. The number of rotatable bonds is 5. The molecule has 0 N–H and O–H groups in total. The van der Waals surface area contributed by atoms with E-state index in [1.807, 2.05) is 32.0 Å². The average molecular weight is 290 g/mol. The van der Waals surface area contributed by atoms with Crippen molar-refractivity contribution in [2.45, 2.75) is 26.9 Å². The van der Waals surface area contributed by atoms with Crippen LogP contribution in [0.1, 0.15) is 27.0 Å². The Bertz CT molecular complexity index is 631. The third kappa shape index (κ3) is 4.12. The molecule has 0 aliphatic carbocycles. The van der Waals surface area contributed by atoms with Crippen molar-refractivity contribution in [3.05, 3.63) is 64.7 Å². The van der Waals surface area contributed by atoms with Gasteiger partial charge in [-0.05, 0) is 31.5 Å². The van der Waals surface area contributed by atoms with E-state index in [0.717, 1.165) is 16.7 Å². The molecule has 0 spiro atoms. The van der Waals surface area contributed by atoms with E-state index < -0.39 is 6.61 Å². The number of alkyl halides is 2. The number of carbonyl (C=O) groups excluding carboxylic acids is 1. The fourth-order valence-electron chi connectivity index (χ4n) is 2.35. The van der Waals surface area contributed by atoms with Crippen LogP contribution in [0.2, 0.25) is 0 Å². The number of benzene rings is 2. The maximum atomic E-state index is 12.4. The monoisotopic (exact) mass is 290 g/mol. The fourth-order valence-corrected chi connectivity index (χ4v) is 2.35. The molecule has 0 aliphatic heterocycles. The molecule has 2 aromatic carbocycles. The van der Waals surface area contributed by atoms with Crippen molar-refractivity contribution in [2.75, 3.05) is 0 Å². The first kappa shape index (κ1) is 15.2. The largest absolute Gasteiger partial charge is 0.434 e. The predicted molar refractivity (Wildman–Crippen MR) is 77.0 cm³/mol. The second kappa shape index (κ2) is 6.48. The Morgan fingerprint density at radius 2 is 1.71 bits per heavy atom. The highest BCUT2D eigenvalue weighted by Crippen LogP contribution is 2.22. The zero-order valence-corrected chi connectivity index (χ0v) is 11.9. The van der Waals surface area contributed by atoms with Crippen LogP contribution < -0.4 is 4.74 Å². The average Bonchev–Trinajstić information content (AvgIpc) is 2.37. The highest BCUT2D eigenvalue weighted by molar-refractivity contribution is 6.00. The summed E-state index contributed by atoms with van der Waals surface area (Å²) in [5.41, 5.74) is 3.17. The molecule has 0 aromatic heterocycles. The van der Waals surface area contributed by atoms with Gasteiger partial charge < -0.3 is 4.74 Å². The molecule has 0 unspecified atom stereocenters. The maximum absolute atomic E-state index is 12.4. The molecule has 21 heavy (non-hydrogen) atoms. The van der Waals surface area contributed by atoms with Crippen molar-refractivity contribution in [3.8, 4) is 5.75 Å². The third-order valence-corrected chi connectivity index (χ3v) is 3.05. The van der Waals surface area contributed by atoms with Gasteiger partial charge in [0.05, 0.1) is 5.56 Å². The van der Waals surface area contributed by atoms with Crippen LogP contribution >= 0.6 is 0 Å². The van der Waals surface area contributed by atoms with Crippen LogP contribution in [0.5, 0.6) is 5.75 Å². The van der Waals surface area contributed by atoms with Crippen molar-refractivity contribution in [1.29, 1.82) is 0 Å². The molecule has 0 heterocycles. The molecular formula is C17H16F2O2. The Balaban J connectivity index is 2.24. The quantitative estimate of drug-likeness (QED) is 0.766. The second-order valence-corrected chi connectivity index (χ2v) is 4.97. The van der Waals surface area contributed by atoms with Gasteiger partial charge in [-0.15, -0.1) is 0 Å². The SMILES string of the molecule is Cc1cc(C)cc(CC(=O)c2ccccc2OC(F)F)c1. The second-order valence-electron chi connectivity index (χ2n) is 4.97. The van der Waals surface area contributed by atoms with Gasteiger partial charge in [0.25, 0.3) is 0 Å². The van der Waals surface area contributed by atoms with E-state index in [1.54, 1.807) is 12.1 Å². The van der Waals surface area contributed by atoms with E-state index in [4.69, 9.17) is 0 Å². The Kier molecular flexibility index (Phi) is 4.68. The van der Waals surface area contributed by atoms with E-state index in [-0.39, 0.29) is 23.5 Å². The van der Waals surface area contributed by atoms with Crippen LogP contribution in [0.4, 0.5) is 8.78 Å². The van der Waals surface area contributed by atoms with Crippen molar-refractivity contribution in [1.82, 2.24) is 0 Å². The van der Waals surface area contributed by atoms with E-state index >= 15 is 0 Å². The van der Waals surface area contributed by atoms with Crippen molar-refractivity contribution < 1.29 is 18.3 Å². The highest BCUT2D eigenvalue weighted by Gasteiger charge is 2.15. The van der Waals surface area contributed by atoms with Crippen LogP contribution in [-0.2, 0) is 6.42 Å². The molecule has 0 fully saturated rings. The van der Waals surface area contributed by atoms with Gasteiger partial charge >= 0.3 is 6.61 Å². The summed E-state index contributed by atoms with van der Waals surface area (Å²) in [6.45, 7) is 0.962. The molecule has 2 aromatic rings. The first-order chi connectivity index (χ1) is 9.95. The number of halogens is 2. The third-order valence-electron chi connectivity index (χ3n) is 3.05. The summed E-state index contributed by atoms with van der Waals surface area (Å²) in [5.74, 6) is -0.321. The standard InChI is InChI=1S/C17H16F2O2/c1-11-7-12(2)9-13(8-11)10-15(20)14-5-3-4-6-16(14)21-17(18)19/h3-9,17H,10H2,1-2H3. The predicted octanol–water partition coefficient (Wildman–Crippen LogP) is 4.33. The summed E-state index contributed by atoms with van der Waals surface area (Å²) in [6.07, 6.45) is 0.159. The molecule has 2 rings (SSSR count). The minimum Gasteiger partial charge on any atom is -0.434 e. The lowest BCUT2D eigenvalue weighted by Gasteiger charge is -2.10. The van der Waals surface area contributed by atoms with Crippen LogP contribution in [0.25, 0.3) is 0 Å². The van der Waals surface area contributed by atoms with Crippen LogP contribution in [-0.4, -0.2) is 12.4 Å². The number of aryl methyl sites for hydroxylation is 2. The Morgan fingerprint density at radius 1 is 1.10 bits per heavy atom. The smallest absolute Gasteiger partial charge is 0.387 e. The summed E-state index contributed by atoms with van der Waals surface area (Å²) < 4.78 is 29.1. The lowest BCUT2D eigenvalue weighted by molar-refractivity contribution is -0.0501. The number of carbonyl (C=O) groups is 1. The van der Waals surface area contributed by atoms with Crippen LogP contribution in [0.3, 0.4) is 0 Å². The molecule has 0 aliphatic rings. The van der Waals surface area contributed by atoms with E-state index in [9.17, 15) is 13.6 Å². The van der Waals surface area contributed by atoms with Crippen molar-refractivity contribution in [2.24, 2.45) is 0 Å². The minimum absolute atomic E-state index is 0.0816. The first-order valence-electron chi connectivity index (χ1n) is 6.60. The van der Waals surface area contributed by atoms with Gasteiger partial charge in [0.1, 0.15) is 5.75 Å². The molecule has 110 valence electrons. The topological polar surface area (TPSA) is 26.3 Å². The normalized spacial score (nSPS) is 10.7. The summed E-state index contributed by atoms with van der Waals surface area (Å²) in [4.78, 5) is 12.3. The van der Waals surface area contributed by atoms with E-state index in [2.05, 4.69) is 4.74 Å². The lowest BCUT2D eigenvalue weighted by Crippen LogP contribution is -2.10. The summed E-state index contributed by atoms with van der Waals surface area (Å²) >= 11 is 0. The van der Waals surface area contributed by atoms with Gasteiger partial charge in [0, 0.05) is 6.42 Å². The van der Waals surface area contributed by atoms with Gasteiger partial charge in [-0.25, -0.2) is 0 Å². The molecule has 0 amide bonds. The lowest BCUT2D eigenvalue weighted by atomic mass is 9.99. The molecule has 2 nitrogen and oxygen atoms in total. The number of para-hydroxylation sites is 1. The summed E-state index contributed by atoms with van der Waals surface area (Å²) in [6, 6.07) is 11.9.